The van der Waals surface area contributed by atoms with Gasteiger partial charge in [0.25, 0.3) is 0 Å². The number of carbonyl (C=O) groups is 2. The maximum absolute atomic E-state index is 13.0. The Balaban J connectivity index is 1.76. The predicted octanol–water partition coefficient (Wildman–Crippen LogP) is 5.08. The number of hydrogen-bond donors (Lipinski definition) is 0. The van der Waals surface area contributed by atoms with Crippen molar-refractivity contribution in [1.29, 1.82) is 0 Å². The Hall–Kier alpha value is -2.05. The molecule has 29 heavy (non-hydrogen) atoms. The molecule has 0 aromatic heterocycles. The normalized spacial score (nSPS) is 23.2. The highest BCUT2D eigenvalue weighted by Crippen LogP contribution is 2.35. The van der Waals surface area contributed by atoms with Gasteiger partial charge in [0, 0.05) is 37.3 Å². The van der Waals surface area contributed by atoms with Gasteiger partial charge in [-0.2, -0.15) is 0 Å². The molecule has 1 amide bonds. The molecule has 2 fully saturated rings. The van der Waals surface area contributed by atoms with Gasteiger partial charge in [-0.25, -0.2) is 0 Å². The van der Waals surface area contributed by atoms with Crippen LogP contribution in [0.15, 0.2) is 24.3 Å². The molecule has 1 aliphatic carbocycles. The van der Waals surface area contributed by atoms with Crippen LogP contribution in [0.4, 0.5) is 13.2 Å². The van der Waals surface area contributed by atoms with Gasteiger partial charge in [0.15, 0.2) is 0 Å². The molecule has 0 bridgehead atoms. The highest BCUT2D eigenvalue weighted by atomic mass is 19.4. The van der Waals surface area contributed by atoms with Crippen molar-refractivity contribution in [3.63, 3.8) is 0 Å². The number of Topliss-reactive ketones (excluding diaryl/α,β-unsaturated/α-hetero) is 1. The predicted molar refractivity (Wildman–Crippen MR) is 102 cm³/mol. The first-order valence-electron chi connectivity index (χ1n) is 10.4. The van der Waals surface area contributed by atoms with Crippen LogP contribution in [0, 0.1) is 11.8 Å². The smallest absolute Gasteiger partial charge is 0.406 e. The molecule has 7 heteroatoms. The van der Waals surface area contributed by atoms with Crippen molar-refractivity contribution in [3.8, 4) is 5.75 Å². The Morgan fingerprint density at radius 3 is 2.31 bits per heavy atom. The zero-order valence-corrected chi connectivity index (χ0v) is 16.7. The molecule has 1 aromatic carbocycles. The van der Waals surface area contributed by atoms with Crippen molar-refractivity contribution in [2.24, 2.45) is 11.8 Å². The third kappa shape index (κ3) is 5.73. The van der Waals surface area contributed by atoms with E-state index in [4.69, 9.17) is 0 Å². The fourth-order valence-corrected chi connectivity index (χ4v) is 4.58. The number of alkyl halides is 3. The summed E-state index contributed by atoms with van der Waals surface area (Å²) in [5.74, 6) is -0.227. The summed E-state index contributed by atoms with van der Waals surface area (Å²) in [6.07, 6.45) is 1.07. The summed E-state index contributed by atoms with van der Waals surface area (Å²) in [5, 5.41) is 0. The molecule has 1 aromatic rings. The van der Waals surface area contributed by atoms with E-state index in [0.717, 1.165) is 37.7 Å². The number of nitrogens with zero attached hydrogens (tertiary/aromatic N) is 1. The average Bonchev–Trinajstić information content (AvgIpc) is 3.21. The van der Waals surface area contributed by atoms with Crippen LogP contribution in [0.5, 0.6) is 5.75 Å². The van der Waals surface area contributed by atoms with E-state index in [1.54, 1.807) is 12.1 Å². The fraction of sp³-hybridized carbons (Fsp3) is 0.636. The molecule has 160 valence electrons. The maximum atomic E-state index is 13.0. The van der Waals surface area contributed by atoms with Crippen molar-refractivity contribution in [1.82, 2.24) is 4.90 Å². The van der Waals surface area contributed by atoms with E-state index in [9.17, 15) is 22.8 Å². The van der Waals surface area contributed by atoms with Crippen molar-refractivity contribution < 1.29 is 27.5 Å². The van der Waals surface area contributed by atoms with Crippen LogP contribution in [0.1, 0.15) is 63.4 Å². The lowest BCUT2D eigenvalue weighted by Gasteiger charge is -2.38. The second-order valence-electron chi connectivity index (χ2n) is 8.19. The molecule has 0 spiro atoms. The second-order valence-corrected chi connectivity index (χ2v) is 8.19. The van der Waals surface area contributed by atoms with Crippen LogP contribution in [0.2, 0.25) is 0 Å². The number of rotatable bonds is 6. The van der Waals surface area contributed by atoms with Crippen molar-refractivity contribution in [2.45, 2.75) is 64.1 Å². The van der Waals surface area contributed by atoms with E-state index >= 15 is 0 Å². The maximum Gasteiger partial charge on any atom is 0.573 e. The summed E-state index contributed by atoms with van der Waals surface area (Å²) in [6, 6.07) is 5.81. The molecular weight excluding hydrogens is 383 g/mol. The number of ketones is 1. The Labute approximate surface area is 169 Å². The molecule has 0 radical (unpaired) electrons. The minimum atomic E-state index is -4.73. The van der Waals surface area contributed by atoms with Gasteiger partial charge >= 0.3 is 6.36 Å². The van der Waals surface area contributed by atoms with Crippen LogP contribution >= 0.6 is 0 Å². The van der Waals surface area contributed by atoms with Gasteiger partial charge in [-0.1, -0.05) is 31.9 Å². The number of carbonyl (C=O) groups excluding carboxylic acids is 2. The van der Waals surface area contributed by atoms with E-state index in [2.05, 4.69) is 4.74 Å². The Morgan fingerprint density at radius 1 is 1.07 bits per heavy atom. The van der Waals surface area contributed by atoms with E-state index in [0.29, 0.717) is 25.9 Å². The van der Waals surface area contributed by atoms with Gasteiger partial charge in [-0.15, -0.1) is 13.2 Å². The first-order valence-corrected chi connectivity index (χ1v) is 10.4. The number of ether oxygens (including phenoxy) is 1. The van der Waals surface area contributed by atoms with Gasteiger partial charge in [0.1, 0.15) is 11.5 Å². The monoisotopic (exact) mass is 411 g/mol. The summed E-state index contributed by atoms with van der Waals surface area (Å²) < 4.78 is 41.1. The quantitative estimate of drug-likeness (QED) is 0.656. The number of piperidine rings is 1. The van der Waals surface area contributed by atoms with Crippen LogP contribution in [0.3, 0.4) is 0 Å². The minimum Gasteiger partial charge on any atom is -0.406 e. The number of halogens is 3. The van der Waals surface area contributed by atoms with Gasteiger partial charge < -0.3 is 9.64 Å². The summed E-state index contributed by atoms with van der Waals surface area (Å²) in [6.45, 7) is 2.92. The fourth-order valence-electron chi connectivity index (χ4n) is 4.58. The topological polar surface area (TPSA) is 46.6 Å². The number of benzene rings is 1. The standard InChI is InChI=1S/C22H28F3NO3/c1-2-5-20(27)18-12-17(13-26(14-18)21(28)16-6-3-4-7-16)15-8-10-19(11-9-15)29-22(23,24)25/h8-11,16-18H,2-7,12-14H2,1H3. The first kappa shape index (κ1) is 21.7. The summed E-state index contributed by atoms with van der Waals surface area (Å²) in [5.41, 5.74) is 0.831. The molecule has 2 atom stereocenters. The number of hydrogen-bond acceptors (Lipinski definition) is 3. The molecule has 1 heterocycles. The first-order chi connectivity index (χ1) is 13.8. The largest absolute Gasteiger partial charge is 0.573 e. The zero-order valence-electron chi connectivity index (χ0n) is 16.7. The average molecular weight is 411 g/mol. The lowest BCUT2D eigenvalue weighted by Crippen LogP contribution is -2.47. The Bertz CT molecular complexity index is 711. The van der Waals surface area contributed by atoms with Crippen LogP contribution in [-0.2, 0) is 9.59 Å². The van der Waals surface area contributed by atoms with Gasteiger partial charge in [0.2, 0.25) is 5.91 Å². The summed E-state index contributed by atoms with van der Waals surface area (Å²) in [7, 11) is 0. The highest BCUT2D eigenvalue weighted by Gasteiger charge is 2.37. The van der Waals surface area contributed by atoms with Crippen molar-refractivity contribution >= 4 is 11.7 Å². The molecule has 0 N–H and O–H groups in total. The number of amides is 1. The van der Waals surface area contributed by atoms with Crippen molar-refractivity contribution in [2.75, 3.05) is 13.1 Å². The van der Waals surface area contributed by atoms with E-state index in [1.165, 1.54) is 12.1 Å². The molecular formula is C22H28F3NO3. The van der Waals surface area contributed by atoms with Crippen LogP contribution in [-0.4, -0.2) is 36.0 Å². The highest BCUT2D eigenvalue weighted by molar-refractivity contribution is 5.84. The lowest BCUT2D eigenvalue weighted by molar-refractivity contribution is -0.274. The molecule has 3 rings (SSSR count). The molecule has 4 nitrogen and oxygen atoms in total. The zero-order chi connectivity index (χ0) is 21.0. The van der Waals surface area contributed by atoms with Gasteiger partial charge in [-0.3, -0.25) is 9.59 Å². The molecule has 1 aliphatic heterocycles. The van der Waals surface area contributed by atoms with Crippen molar-refractivity contribution in [3.05, 3.63) is 29.8 Å². The van der Waals surface area contributed by atoms with Crippen LogP contribution < -0.4 is 4.74 Å². The SMILES string of the molecule is CCCC(=O)C1CC(c2ccc(OC(F)(F)F)cc2)CN(C(=O)C2CCCC2)C1. The third-order valence-corrected chi connectivity index (χ3v) is 6.00. The Morgan fingerprint density at radius 2 is 1.72 bits per heavy atom. The molecule has 2 aliphatic rings. The molecule has 1 saturated heterocycles. The summed E-state index contributed by atoms with van der Waals surface area (Å²) >= 11 is 0. The van der Waals surface area contributed by atoms with E-state index < -0.39 is 6.36 Å². The lowest BCUT2D eigenvalue weighted by atomic mass is 9.81. The third-order valence-electron chi connectivity index (χ3n) is 6.00. The summed E-state index contributed by atoms with van der Waals surface area (Å²) in [4.78, 5) is 27.4. The number of likely N-dealkylation sites (tertiary alicyclic amines) is 1. The van der Waals surface area contributed by atoms with E-state index in [1.807, 2.05) is 11.8 Å². The van der Waals surface area contributed by atoms with Gasteiger partial charge in [-0.05, 0) is 43.4 Å². The van der Waals surface area contributed by atoms with Gasteiger partial charge in [0.05, 0.1) is 0 Å². The molecule has 1 saturated carbocycles. The molecule has 2 unspecified atom stereocenters. The minimum absolute atomic E-state index is 0.0400. The van der Waals surface area contributed by atoms with E-state index in [-0.39, 0.29) is 35.2 Å². The second kappa shape index (κ2) is 9.18. The Kier molecular flexibility index (Phi) is 6.85. The van der Waals surface area contributed by atoms with Crippen LogP contribution in [0.25, 0.3) is 0 Å².